The number of rotatable bonds is 0. The van der Waals surface area contributed by atoms with Gasteiger partial charge in [0.2, 0.25) is 0 Å². The molecule has 19 heavy (non-hydrogen) atoms. The van der Waals surface area contributed by atoms with Crippen LogP contribution in [0.3, 0.4) is 0 Å². The lowest BCUT2D eigenvalue weighted by Gasteiger charge is -2.66. The van der Waals surface area contributed by atoms with Crippen molar-refractivity contribution in [3.05, 3.63) is 0 Å². The van der Waals surface area contributed by atoms with E-state index in [9.17, 15) is 0 Å². The molecule has 102 valence electrons. The predicted octanol–water partition coefficient (Wildman–Crippen LogP) is 0.988. The highest BCUT2D eigenvalue weighted by Gasteiger charge is 3.04. The molecule has 2 spiro atoms. The fraction of sp³-hybridized carbons (Fsp3) is 1.00. The van der Waals surface area contributed by atoms with Gasteiger partial charge in [-0.2, -0.15) is 0 Å². The van der Waals surface area contributed by atoms with Gasteiger partial charge in [0.05, 0.1) is 30.8 Å². The van der Waals surface area contributed by atoms with Crippen LogP contribution in [0.15, 0.2) is 0 Å². The fourth-order valence-electron chi connectivity index (χ4n) is 7.76. The van der Waals surface area contributed by atoms with Crippen LogP contribution in [0.1, 0.15) is 0 Å². The fourth-order valence-corrected chi connectivity index (χ4v) is 9.45. The van der Waals surface area contributed by atoms with E-state index in [1.54, 1.807) is 0 Å². The molecule has 0 aromatic rings. The minimum Gasteiger partial charge on any atom is -0.347 e. The average molecular weight is 327 g/mol. The second-order valence-corrected chi connectivity index (χ2v) is 8.65. The normalized spacial score (nSPS) is 70.3. The molecule has 0 unspecified atom stereocenters. The molecule has 8 atom stereocenters. The van der Waals surface area contributed by atoms with E-state index in [0.717, 1.165) is 38.3 Å². The van der Waals surface area contributed by atoms with Gasteiger partial charge in [0, 0.05) is 17.8 Å². The first-order valence-electron chi connectivity index (χ1n) is 7.52. The first-order valence-corrected chi connectivity index (χ1v) is 8.31. The van der Waals surface area contributed by atoms with Crippen LogP contribution in [-0.4, -0.2) is 42.3 Å². The number of halogens is 1. The van der Waals surface area contributed by atoms with E-state index in [0.29, 0.717) is 29.6 Å². The molecule has 4 bridgehead atoms. The summed E-state index contributed by atoms with van der Waals surface area (Å²) in [7, 11) is 0. The third kappa shape index (κ3) is 0.612. The van der Waals surface area contributed by atoms with Crippen molar-refractivity contribution < 1.29 is 18.9 Å². The molecule has 2 heterocycles. The van der Waals surface area contributed by atoms with Gasteiger partial charge < -0.3 is 18.9 Å². The summed E-state index contributed by atoms with van der Waals surface area (Å²) < 4.78 is 24.8. The van der Waals surface area contributed by atoms with Crippen molar-refractivity contribution in [2.45, 2.75) is 15.9 Å². The van der Waals surface area contributed by atoms with E-state index in [-0.39, 0.29) is 15.9 Å². The van der Waals surface area contributed by atoms with Crippen LogP contribution in [0.5, 0.6) is 0 Å². The van der Waals surface area contributed by atoms with E-state index in [2.05, 4.69) is 15.9 Å². The highest BCUT2D eigenvalue weighted by atomic mass is 79.9. The summed E-state index contributed by atoms with van der Waals surface area (Å²) in [6, 6.07) is 0. The first-order chi connectivity index (χ1) is 9.27. The molecule has 8 fully saturated rings. The van der Waals surface area contributed by atoms with Crippen molar-refractivity contribution in [2.24, 2.45) is 41.4 Å². The predicted molar refractivity (Wildman–Crippen MR) is 65.4 cm³/mol. The van der Waals surface area contributed by atoms with E-state index in [1.165, 1.54) is 0 Å². The molecule has 0 N–H and O–H groups in total. The Morgan fingerprint density at radius 2 is 1.32 bits per heavy atom. The van der Waals surface area contributed by atoms with Gasteiger partial charge in [0.25, 0.3) is 0 Å². The molecule has 0 aromatic carbocycles. The van der Waals surface area contributed by atoms with Crippen LogP contribution in [0.4, 0.5) is 0 Å². The van der Waals surface area contributed by atoms with Crippen LogP contribution in [0.2, 0.25) is 0 Å². The van der Waals surface area contributed by atoms with Gasteiger partial charge in [-0.05, 0) is 23.7 Å². The number of hydrogen-bond acceptors (Lipinski definition) is 4. The molecule has 2 aliphatic heterocycles. The molecule has 6 saturated carbocycles. The van der Waals surface area contributed by atoms with E-state index in [4.69, 9.17) is 18.9 Å². The molecule has 0 aromatic heterocycles. The summed E-state index contributed by atoms with van der Waals surface area (Å²) in [6.07, 6.45) is 0. The van der Waals surface area contributed by atoms with Crippen molar-refractivity contribution in [1.29, 1.82) is 0 Å². The molecule has 8 aliphatic rings. The highest BCUT2D eigenvalue weighted by Crippen LogP contribution is 2.97. The molecule has 4 nitrogen and oxygen atoms in total. The largest absolute Gasteiger partial charge is 0.347 e. The third-order valence-corrected chi connectivity index (χ3v) is 9.20. The lowest BCUT2D eigenvalue weighted by molar-refractivity contribution is -0.243. The Hall–Kier alpha value is 0.320. The van der Waals surface area contributed by atoms with Crippen LogP contribution < -0.4 is 0 Å². The van der Waals surface area contributed by atoms with Gasteiger partial charge in [0.15, 0.2) is 11.6 Å². The van der Waals surface area contributed by atoms with Crippen molar-refractivity contribution in [3.63, 3.8) is 0 Å². The zero-order chi connectivity index (χ0) is 12.2. The van der Waals surface area contributed by atoms with Gasteiger partial charge in [0.1, 0.15) is 0 Å². The standard InChI is InChI=1S/C14H15BrO4/c15-12-7-5-8-6(7)10(14(12)18-3-4-19-14)11(9(5)12)13(8)16-1-2-17-13/h5-11H,1-4H2/t5-,6+,7-,8+,9-,10-,11-,12-/m0/s1. The van der Waals surface area contributed by atoms with Crippen LogP contribution in [0.25, 0.3) is 0 Å². The Balaban J connectivity index is 1.50. The Labute approximate surface area is 119 Å². The Bertz CT molecular complexity index is 526. The van der Waals surface area contributed by atoms with Gasteiger partial charge in [-0.1, -0.05) is 15.9 Å². The SMILES string of the molecule is Br[C@@]12[C@@H]3[C@@H]4[C@H]5[C@H]3[C@H]1[C@@H]([C@H]4C21OCCO1)C51OCCO1. The Morgan fingerprint density at radius 3 is 2.00 bits per heavy atom. The van der Waals surface area contributed by atoms with E-state index in [1.807, 2.05) is 0 Å². The lowest BCUT2D eigenvalue weighted by Crippen LogP contribution is -2.71. The summed E-state index contributed by atoms with van der Waals surface area (Å²) >= 11 is 4.09. The van der Waals surface area contributed by atoms with Gasteiger partial charge >= 0.3 is 0 Å². The molecule has 5 heteroatoms. The van der Waals surface area contributed by atoms with Gasteiger partial charge in [-0.3, -0.25) is 0 Å². The number of hydrogen-bond donors (Lipinski definition) is 0. The summed E-state index contributed by atoms with van der Waals surface area (Å²) in [4.78, 5) is 0. The monoisotopic (exact) mass is 326 g/mol. The smallest absolute Gasteiger partial charge is 0.187 e. The molecule has 8 rings (SSSR count). The first kappa shape index (κ1) is 10.1. The summed E-state index contributed by atoms with van der Waals surface area (Å²) in [5.74, 6) is 3.89. The maximum absolute atomic E-state index is 6.21. The van der Waals surface area contributed by atoms with Crippen molar-refractivity contribution in [3.8, 4) is 0 Å². The second kappa shape index (κ2) is 2.45. The van der Waals surface area contributed by atoms with Crippen LogP contribution in [-0.2, 0) is 18.9 Å². The summed E-state index contributed by atoms with van der Waals surface area (Å²) in [6.45, 7) is 3.01. The third-order valence-electron chi connectivity index (χ3n) is 7.59. The zero-order valence-electron chi connectivity index (χ0n) is 10.4. The maximum atomic E-state index is 6.21. The minimum absolute atomic E-state index is 0.0659. The van der Waals surface area contributed by atoms with Crippen molar-refractivity contribution >= 4 is 15.9 Å². The van der Waals surface area contributed by atoms with Gasteiger partial charge in [-0.15, -0.1) is 0 Å². The Kier molecular flexibility index (Phi) is 1.31. The minimum atomic E-state index is -0.359. The zero-order valence-corrected chi connectivity index (χ0v) is 12.0. The molecular weight excluding hydrogens is 312 g/mol. The molecule has 2 saturated heterocycles. The molecular formula is C14H15BrO4. The number of ether oxygens (including phenoxy) is 4. The Morgan fingerprint density at radius 1 is 0.684 bits per heavy atom. The maximum Gasteiger partial charge on any atom is 0.187 e. The van der Waals surface area contributed by atoms with Crippen LogP contribution in [0, 0.1) is 41.4 Å². The summed E-state index contributed by atoms with van der Waals surface area (Å²) in [5.41, 5.74) is 0. The quantitative estimate of drug-likeness (QED) is 0.622. The highest BCUT2D eigenvalue weighted by molar-refractivity contribution is 9.10. The van der Waals surface area contributed by atoms with Crippen LogP contribution >= 0.6 is 15.9 Å². The average Bonchev–Trinajstić information content (AvgIpc) is 3.15. The summed E-state index contributed by atoms with van der Waals surface area (Å²) in [5, 5.41) is 0. The van der Waals surface area contributed by atoms with Crippen molar-refractivity contribution in [2.75, 3.05) is 26.4 Å². The lowest BCUT2D eigenvalue weighted by atomic mass is 9.41. The molecule has 0 amide bonds. The van der Waals surface area contributed by atoms with E-state index >= 15 is 0 Å². The van der Waals surface area contributed by atoms with Gasteiger partial charge in [-0.25, -0.2) is 0 Å². The molecule has 6 aliphatic carbocycles. The second-order valence-electron chi connectivity index (χ2n) is 7.33. The van der Waals surface area contributed by atoms with E-state index < -0.39 is 0 Å². The molecule has 0 radical (unpaired) electrons. The van der Waals surface area contributed by atoms with Crippen molar-refractivity contribution in [1.82, 2.24) is 0 Å². The topological polar surface area (TPSA) is 36.9 Å². The number of alkyl halides is 1.